The maximum atomic E-state index is 5.96. The van der Waals surface area contributed by atoms with Crippen LogP contribution in [0.4, 0.5) is 0 Å². The molecule has 1 fully saturated rings. The minimum absolute atomic E-state index is 0.0351. The zero-order valence-electron chi connectivity index (χ0n) is 13.1. The standard InChI is InChI=1S/C15H31NO2/c1-10-11(2)18-12(3)14(10)13(16-6)8-9-15(4,5)17-7/h10-14,16H,8-9H2,1-7H3. The van der Waals surface area contributed by atoms with Gasteiger partial charge in [-0.25, -0.2) is 0 Å². The average Bonchev–Trinajstić information content (AvgIpc) is 2.56. The summed E-state index contributed by atoms with van der Waals surface area (Å²) in [5.41, 5.74) is -0.0351. The third kappa shape index (κ3) is 3.69. The molecule has 5 atom stereocenters. The van der Waals surface area contributed by atoms with Crippen LogP contribution in [0, 0.1) is 11.8 Å². The molecule has 1 saturated heterocycles. The van der Waals surface area contributed by atoms with E-state index in [0.717, 1.165) is 12.8 Å². The monoisotopic (exact) mass is 257 g/mol. The highest BCUT2D eigenvalue weighted by Crippen LogP contribution is 2.36. The van der Waals surface area contributed by atoms with E-state index < -0.39 is 0 Å². The van der Waals surface area contributed by atoms with Crippen molar-refractivity contribution in [3.05, 3.63) is 0 Å². The quantitative estimate of drug-likeness (QED) is 0.793. The van der Waals surface area contributed by atoms with Gasteiger partial charge >= 0.3 is 0 Å². The van der Waals surface area contributed by atoms with Gasteiger partial charge in [-0.15, -0.1) is 0 Å². The Morgan fingerprint density at radius 3 is 2.22 bits per heavy atom. The van der Waals surface area contributed by atoms with E-state index >= 15 is 0 Å². The fraction of sp³-hybridized carbons (Fsp3) is 1.00. The smallest absolute Gasteiger partial charge is 0.0623 e. The summed E-state index contributed by atoms with van der Waals surface area (Å²) in [7, 11) is 3.85. The van der Waals surface area contributed by atoms with E-state index in [-0.39, 0.29) is 5.60 Å². The molecule has 0 bridgehead atoms. The third-order valence-electron chi connectivity index (χ3n) is 4.76. The van der Waals surface area contributed by atoms with Gasteiger partial charge in [0.2, 0.25) is 0 Å². The van der Waals surface area contributed by atoms with Gasteiger partial charge in [-0.2, -0.15) is 0 Å². The van der Waals surface area contributed by atoms with Gasteiger partial charge in [-0.05, 0) is 53.5 Å². The highest BCUT2D eigenvalue weighted by Gasteiger charge is 2.41. The molecule has 0 amide bonds. The van der Waals surface area contributed by atoms with Gasteiger partial charge in [0.25, 0.3) is 0 Å². The summed E-state index contributed by atoms with van der Waals surface area (Å²) in [5, 5.41) is 3.49. The summed E-state index contributed by atoms with van der Waals surface area (Å²) in [6, 6.07) is 0.509. The highest BCUT2D eigenvalue weighted by molar-refractivity contribution is 4.92. The van der Waals surface area contributed by atoms with Gasteiger partial charge in [-0.3, -0.25) is 0 Å². The molecule has 18 heavy (non-hydrogen) atoms. The molecule has 1 rings (SSSR count). The fourth-order valence-corrected chi connectivity index (χ4v) is 3.12. The van der Waals surface area contributed by atoms with Crippen LogP contribution in [-0.4, -0.2) is 38.0 Å². The molecule has 3 heteroatoms. The summed E-state index contributed by atoms with van der Waals surface area (Å²) in [6.07, 6.45) is 2.92. The lowest BCUT2D eigenvalue weighted by Crippen LogP contribution is -2.41. The molecule has 0 spiro atoms. The van der Waals surface area contributed by atoms with Crippen LogP contribution in [0.5, 0.6) is 0 Å². The normalized spacial score (nSPS) is 34.8. The van der Waals surface area contributed by atoms with E-state index in [1.54, 1.807) is 7.11 Å². The van der Waals surface area contributed by atoms with Crippen molar-refractivity contribution in [2.24, 2.45) is 11.8 Å². The van der Waals surface area contributed by atoms with E-state index in [2.05, 4.69) is 47.0 Å². The molecular formula is C15H31NO2. The third-order valence-corrected chi connectivity index (χ3v) is 4.76. The van der Waals surface area contributed by atoms with Crippen molar-refractivity contribution in [2.75, 3.05) is 14.2 Å². The largest absolute Gasteiger partial charge is 0.379 e. The van der Waals surface area contributed by atoms with Crippen molar-refractivity contribution >= 4 is 0 Å². The van der Waals surface area contributed by atoms with E-state index in [9.17, 15) is 0 Å². The average molecular weight is 257 g/mol. The fourth-order valence-electron chi connectivity index (χ4n) is 3.12. The van der Waals surface area contributed by atoms with Crippen LogP contribution < -0.4 is 5.32 Å². The van der Waals surface area contributed by atoms with E-state index in [1.165, 1.54) is 0 Å². The van der Waals surface area contributed by atoms with Gasteiger partial charge < -0.3 is 14.8 Å². The minimum Gasteiger partial charge on any atom is -0.379 e. The Balaban J connectivity index is 2.61. The second-order valence-corrected chi connectivity index (χ2v) is 6.38. The number of rotatable bonds is 6. The Kier molecular flexibility index (Phi) is 5.63. The Labute approximate surface area is 113 Å². The van der Waals surface area contributed by atoms with Crippen LogP contribution in [0.2, 0.25) is 0 Å². The van der Waals surface area contributed by atoms with Gasteiger partial charge in [0, 0.05) is 19.1 Å². The number of hydrogen-bond acceptors (Lipinski definition) is 3. The first-order valence-electron chi connectivity index (χ1n) is 7.20. The van der Waals surface area contributed by atoms with Gasteiger partial charge in [0.05, 0.1) is 17.8 Å². The van der Waals surface area contributed by atoms with E-state index in [0.29, 0.717) is 30.1 Å². The maximum absolute atomic E-state index is 5.96. The van der Waals surface area contributed by atoms with Gasteiger partial charge in [-0.1, -0.05) is 6.92 Å². The molecule has 5 unspecified atom stereocenters. The summed E-state index contributed by atoms with van der Waals surface area (Å²) in [6.45, 7) is 11.0. The zero-order valence-corrected chi connectivity index (χ0v) is 13.1. The van der Waals surface area contributed by atoms with Crippen LogP contribution >= 0.6 is 0 Å². The minimum atomic E-state index is -0.0351. The Bertz CT molecular complexity index is 255. The molecule has 1 aliphatic rings. The maximum Gasteiger partial charge on any atom is 0.0623 e. The van der Waals surface area contributed by atoms with Crippen LogP contribution in [0.15, 0.2) is 0 Å². The predicted molar refractivity (Wildman–Crippen MR) is 75.8 cm³/mol. The van der Waals surface area contributed by atoms with Crippen LogP contribution in [0.1, 0.15) is 47.5 Å². The van der Waals surface area contributed by atoms with Crippen LogP contribution in [0.25, 0.3) is 0 Å². The predicted octanol–water partition coefficient (Wildman–Crippen LogP) is 2.84. The molecule has 0 aromatic carbocycles. The lowest BCUT2D eigenvalue weighted by atomic mass is 9.80. The first-order valence-corrected chi connectivity index (χ1v) is 7.20. The first kappa shape index (κ1) is 15.9. The van der Waals surface area contributed by atoms with E-state index in [1.807, 2.05) is 0 Å². The molecule has 0 aliphatic carbocycles. The Morgan fingerprint density at radius 2 is 1.83 bits per heavy atom. The lowest BCUT2D eigenvalue weighted by Gasteiger charge is -2.32. The van der Waals surface area contributed by atoms with Gasteiger partial charge in [0.15, 0.2) is 0 Å². The molecule has 0 saturated carbocycles. The lowest BCUT2D eigenvalue weighted by molar-refractivity contribution is 0.00766. The molecule has 1 N–H and O–H groups in total. The van der Waals surface area contributed by atoms with Gasteiger partial charge in [0.1, 0.15) is 0 Å². The molecule has 1 aliphatic heterocycles. The molecule has 0 radical (unpaired) electrons. The summed E-state index contributed by atoms with van der Waals surface area (Å²) in [4.78, 5) is 0. The van der Waals surface area contributed by atoms with Crippen LogP contribution in [-0.2, 0) is 9.47 Å². The molecule has 1 heterocycles. The molecule has 0 aromatic rings. The molecular weight excluding hydrogens is 226 g/mol. The van der Waals surface area contributed by atoms with Crippen molar-refractivity contribution in [1.82, 2.24) is 5.32 Å². The molecule has 108 valence electrons. The molecule has 3 nitrogen and oxygen atoms in total. The number of hydrogen-bond donors (Lipinski definition) is 1. The molecule has 0 aromatic heterocycles. The second kappa shape index (κ2) is 6.36. The zero-order chi connectivity index (χ0) is 13.9. The Hall–Kier alpha value is -0.120. The van der Waals surface area contributed by atoms with Crippen molar-refractivity contribution < 1.29 is 9.47 Å². The highest BCUT2D eigenvalue weighted by atomic mass is 16.5. The number of nitrogens with one attached hydrogen (secondary N) is 1. The van der Waals surface area contributed by atoms with Crippen molar-refractivity contribution in [3.8, 4) is 0 Å². The number of methoxy groups -OCH3 is 1. The number of ether oxygens (including phenoxy) is 2. The summed E-state index contributed by atoms with van der Waals surface area (Å²) >= 11 is 0. The van der Waals surface area contributed by atoms with Crippen LogP contribution in [0.3, 0.4) is 0 Å². The van der Waals surface area contributed by atoms with Crippen molar-refractivity contribution in [3.63, 3.8) is 0 Å². The summed E-state index contributed by atoms with van der Waals surface area (Å²) < 4.78 is 11.5. The first-order chi connectivity index (χ1) is 8.32. The Morgan fingerprint density at radius 1 is 1.22 bits per heavy atom. The van der Waals surface area contributed by atoms with Crippen molar-refractivity contribution in [2.45, 2.75) is 71.3 Å². The summed E-state index contributed by atoms with van der Waals surface area (Å²) in [5.74, 6) is 1.21. The second-order valence-electron chi connectivity index (χ2n) is 6.38. The van der Waals surface area contributed by atoms with E-state index in [4.69, 9.17) is 9.47 Å². The topological polar surface area (TPSA) is 30.5 Å². The SMILES string of the molecule is CNC(CCC(C)(C)OC)C1C(C)OC(C)C1C. The van der Waals surface area contributed by atoms with Crippen molar-refractivity contribution in [1.29, 1.82) is 0 Å².